The number of hydrogen-bond acceptors (Lipinski definition) is 2. The van der Waals surface area contributed by atoms with E-state index in [4.69, 9.17) is 0 Å². The molecule has 0 spiro atoms. The standard InChI is InChI=1S/C50H37N3/c1-3-40-42-29-31-47(43-23-15-25-49(50(42)43)52(45(40)4-2)36-18-7-5-8-19-36)51(38-27-26-34-16-11-12-17-35(34)32-38)39-28-30-48-44(33-39)41-22-13-14-24-46(41)53(48)37-20-9-6-10-21-37/h3-33,40,45H,1-2H2. The predicted molar refractivity (Wildman–Crippen MR) is 226 cm³/mol. The molecular formula is C50H37N3. The average molecular weight is 680 g/mol. The second-order valence-electron chi connectivity index (χ2n) is 13.8. The van der Waals surface area contributed by atoms with Crippen molar-refractivity contribution in [2.24, 2.45) is 0 Å². The summed E-state index contributed by atoms with van der Waals surface area (Å²) in [6.45, 7) is 8.66. The lowest BCUT2D eigenvalue weighted by atomic mass is 9.81. The first-order chi connectivity index (χ1) is 26.2. The van der Waals surface area contributed by atoms with Gasteiger partial charge in [-0.1, -0.05) is 115 Å². The highest BCUT2D eigenvalue weighted by molar-refractivity contribution is 6.13. The molecule has 1 aromatic heterocycles. The summed E-state index contributed by atoms with van der Waals surface area (Å²) < 4.78 is 2.38. The fourth-order valence-corrected chi connectivity index (χ4v) is 8.69. The van der Waals surface area contributed by atoms with Crippen molar-refractivity contribution >= 4 is 71.8 Å². The zero-order chi connectivity index (χ0) is 35.5. The largest absolute Gasteiger partial charge is 0.333 e. The molecule has 0 saturated carbocycles. The topological polar surface area (TPSA) is 11.4 Å². The van der Waals surface area contributed by atoms with Crippen LogP contribution >= 0.6 is 0 Å². The van der Waals surface area contributed by atoms with E-state index in [1.54, 1.807) is 0 Å². The van der Waals surface area contributed by atoms with Crippen LogP contribution in [0.25, 0.3) is 49.0 Å². The van der Waals surface area contributed by atoms with Crippen molar-refractivity contribution in [2.75, 3.05) is 9.80 Å². The third kappa shape index (κ3) is 4.82. The smallest absolute Gasteiger partial charge is 0.0623 e. The Morgan fingerprint density at radius 1 is 0.491 bits per heavy atom. The van der Waals surface area contributed by atoms with Crippen molar-refractivity contribution in [3.63, 3.8) is 0 Å². The molecule has 3 heteroatoms. The van der Waals surface area contributed by atoms with Gasteiger partial charge in [0, 0.05) is 55.9 Å². The summed E-state index contributed by atoms with van der Waals surface area (Å²) in [5.41, 5.74) is 10.4. The van der Waals surface area contributed by atoms with Gasteiger partial charge in [-0.2, -0.15) is 0 Å². The van der Waals surface area contributed by atoms with Crippen LogP contribution in [-0.4, -0.2) is 10.6 Å². The van der Waals surface area contributed by atoms with Crippen molar-refractivity contribution in [3.05, 3.63) is 207 Å². The lowest BCUT2D eigenvalue weighted by molar-refractivity contribution is 0.692. The normalized spacial score (nSPS) is 15.3. The molecule has 0 saturated heterocycles. The molecule has 252 valence electrons. The summed E-state index contributed by atoms with van der Waals surface area (Å²) in [4.78, 5) is 4.88. The molecule has 0 aliphatic carbocycles. The molecule has 2 atom stereocenters. The number of aromatic nitrogens is 1. The Labute approximate surface area is 309 Å². The molecule has 1 aliphatic rings. The highest BCUT2D eigenvalue weighted by atomic mass is 15.2. The van der Waals surface area contributed by atoms with Gasteiger partial charge >= 0.3 is 0 Å². The van der Waals surface area contributed by atoms with Crippen LogP contribution in [0.2, 0.25) is 0 Å². The molecule has 0 N–H and O–H groups in total. The van der Waals surface area contributed by atoms with E-state index >= 15 is 0 Å². The predicted octanol–water partition coefficient (Wildman–Crippen LogP) is 13.5. The van der Waals surface area contributed by atoms with Gasteiger partial charge in [0.15, 0.2) is 0 Å². The fraction of sp³-hybridized carbons (Fsp3) is 0.0400. The van der Waals surface area contributed by atoms with Gasteiger partial charge in [0.2, 0.25) is 0 Å². The molecule has 53 heavy (non-hydrogen) atoms. The summed E-state index contributed by atoms with van der Waals surface area (Å²) in [5.74, 6) is 0.0636. The number of para-hydroxylation sites is 3. The minimum atomic E-state index is 0.0276. The van der Waals surface area contributed by atoms with Crippen LogP contribution in [0.4, 0.5) is 28.4 Å². The van der Waals surface area contributed by atoms with Gasteiger partial charge in [0.05, 0.1) is 22.8 Å². The second-order valence-corrected chi connectivity index (χ2v) is 13.8. The van der Waals surface area contributed by atoms with Gasteiger partial charge in [-0.05, 0) is 89.1 Å². The van der Waals surface area contributed by atoms with Crippen LogP contribution in [0.3, 0.4) is 0 Å². The summed E-state index contributed by atoms with van der Waals surface area (Å²) in [6, 6.07) is 63.8. The van der Waals surface area contributed by atoms with Crippen molar-refractivity contribution in [3.8, 4) is 5.69 Å². The summed E-state index contributed by atoms with van der Waals surface area (Å²) >= 11 is 0. The van der Waals surface area contributed by atoms with Crippen LogP contribution in [0, 0.1) is 0 Å². The Bertz CT molecular complexity index is 2850. The Balaban J connectivity index is 1.26. The lowest BCUT2D eigenvalue weighted by Gasteiger charge is -2.42. The van der Waals surface area contributed by atoms with E-state index in [-0.39, 0.29) is 12.0 Å². The number of hydrogen-bond donors (Lipinski definition) is 0. The molecule has 3 nitrogen and oxygen atoms in total. The highest BCUT2D eigenvalue weighted by Crippen LogP contribution is 2.51. The first-order valence-corrected chi connectivity index (χ1v) is 18.3. The summed E-state index contributed by atoms with van der Waals surface area (Å²) in [7, 11) is 0. The van der Waals surface area contributed by atoms with E-state index in [9.17, 15) is 0 Å². The van der Waals surface area contributed by atoms with E-state index in [2.05, 4.69) is 216 Å². The van der Waals surface area contributed by atoms with E-state index in [0.29, 0.717) is 0 Å². The van der Waals surface area contributed by atoms with Gasteiger partial charge in [-0.25, -0.2) is 0 Å². The fourth-order valence-electron chi connectivity index (χ4n) is 8.69. The zero-order valence-electron chi connectivity index (χ0n) is 29.3. The minimum absolute atomic E-state index is 0.0276. The third-order valence-corrected chi connectivity index (χ3v) is 11.0. The Morgan fingerprint density at radius 2 is 1.15 bits per heavy atom. The maximum atomic E-state index is 4.34. The first-order valence-electron chi connectivity index (χ1n) is 18.3. The van der Waals surface area contributed by atoms with Gasteiger partial charge in [-0.15, -0.1) is 13.2 Å². The minimum Gasteiger partial charge on any atom is -0.333 e. The number of nitrogens with zero attached hydrogens (tertiary/aromatic N) is 3. The molecular weight excluding hydrogens is 643 g/mol. The molecule has 2 unspecified atom stereocenters. The maximum Gasteiger partial charge on any atom is 0.0623 e. The SMILES string of the molecule is C=CC1c2ccc(N(c3ccc4ccccc4c3)c3ccc4c(c3)c3ccccc3n4-c3ccccc3)c3cccc(c23)N(c2ccccc2)C1C=C. The molecule has 0 amide bonds. The quantitative estimate of drug-likeness (QED) is 0.155. The monoisotopic (exact) mass is 679 g/mol. The molecule has 0 fully saturated rings. The number of anilines is 5. The van der Waals surface area contributed by atoms with Gasteiger partial charge in [-0.3, -0.25) is 0 Å². The van der Waals surface area contributed by atoms with Gasteiger partial charge in [0.1, 0.15) is 0 Å². The van der Waals surface area contributed by atoms with Gasteiger partial charge in [0.25, 0.3) is 0 Å². The van der Waals surface area contributed by atoms with Crippen LogP contribution in [0.1, 0.15) is 11.5 Å². The lowest BCUT2D eigenvalue weighted by Crippen LogP contribution is -2.37. The number of fused-ring (bicyclic) bond motifs is 4. The molecule has 9 aromatic rings. The number of benzene rings is 8. The van der Waals surface area contributed by atoms with E-state index in [1.165, 1.54) is 54.6 Å². The molecule has 0 bridgehead atoms. The summed E-state index contributed by atoms with van der Waals surface area (Å²) in [6.07, 6.45) is 4.15. The first kappa shape index (κ1) is 30.9. The molecule has 8 aromatic carbocycles. The summed E-state index contributed by atoms with van der Waals surface area (Å²) in [5, 5.41) is 7.30. The Kier molecular flexibility index (Phi) is 7.26. The molecule has 0 radical (unpaired) electrons. The van der Waals surface area contributed by atoms with Crippen molar-refractivity contribution < 1.29 is 0 Å². The van der Waals surface area contributed by atoms with Crippen molar-refractivity contribution in [1.82, 2.24) is 4.57 Å². The zero-order valence-corrected chi connectivity index (χ0v) is 29.3. The van der Waals surface area contributed by atoms with Crippen molar-refractivity contribution in [2.45, 2.75) is 12.0 Å². The van der Waals surface area contributed by atoms with Crippen LogP contribution < -0.4 is 9.80 Å². The van der Waals surface area contributed by atoms with Crippen LogP contribution in [0.15, 0.2) is 201 Å². The Hall–Kier alpha value is -6.84. The van der Waals surface area contributed by atoms with Crippen molar-refractivity contribution in [1.29, 1.82) is 0 Å². The van der Waals surface area contributed by atoms with Gasteiger partial charge < -0.3 is 14.4 Å². The third-order valence-electron chi connectivity index (χ3n) is 11.0. The average Bonchev–Trinajstić information content (AvgIpc) is 3.55. The highest BCUT2D eigenvalue weighted by Gasteiger charge is 2.34. The van der Waals surface area contributed by atoms with E-state index in [1.807, 2.05) is 0 Å². The number of rotatable bonds is 7. The van der Waals surface area contributed by atoms with E-state index < -0.39 is 0 Å². The maximum absolute atomic E-state index is 4.34. The molecule has 2 heterocycles. The van der Waals surface area contributed by atoms with Crippen LogP contribution in [0.5, 0.6) is 0 Å². The Morgan fingerprint density at radius 3 is 1.94 bits per heavy atom. The second kappa shape index (κ2) is 12.4. The molecule has 1 aliphatic heterocycles. The molecule has 10 rings (SSSR count). The van der Waals surface area contributed by atoms with Crippen LogP contribution in [-0.2, 0) is 0 Å². The van der Waals surface area contributed by atoms with E-state index in [0.717, 1.165) is 28.4 Å².